The summed E-state index contributed by atoms with van der Waals surface area (Å²) in [7, 11) is -3.45. The molecule has 2 N–H and O–H groups in total. The number of nitrogens with zero attached hydrogens (tertiary/aromatic N) is 1. The molecule has 152 valence electrons. The zero-order valence-electron chi connectivity index (χ0n) is 17.0. The zero-order valence-corrected chi connectivity index (χ0v) is 17.8. The van der Waals surface area contributed by atoms with Gasteiger partial charge in [0.25, 0.3) is 5.91 Å². The molecule has 1 aromatic carbocycles. The average Bonchev–Trinajstić information content (AvgIpc) is 2.65. The largest absolute Gasteiger partial charge is 0.346 e. The van der Waals surface area contributed by atoms with Gasteiger partial charge in [-0.3, -0.25) is 4.79 Å². The van der Waals surface area contributed by atoms with E-state index in [1.165, 1.54) is 4.90 Å². The highest BCUT2D eigenvalue weighted by Gasteiger charge is 2.26. The fourth-order valence-corrected chi connectivity index (χ4v) is 5.22. The SMILES string of the molecule is CC(C)[NH+](CCNC(=O)c1ccc(S(=O)(=O)N2CCCCC2)cc1)C(C)C. The molecule has 0 saturated carbocycles. The zero-order chi connectivity index (χ0) is 20.0. The first-order valence-corrected chi connectivity index (χ1v) is 11.4. The molecule has 1 saturated heterocycles. The number of amides is 1. The van der Waals surface area contributed by atoms with Crippen LogP contribution in [0.4, 0.5) is 0 Å². The summed E-state index contributed by atoms with van der Waals surface area (Å²) in [6, 6.07) is 7.28. The third-order valence-electron chi connectivity index (χ3n) is 5.25. The van der Waals surface area contributed by atoms with Crippen molar-refractivity contribution in [3.05, 3.63) is 29.8 Å². The lowest BCUT2D eigenvalue weighted by Crippen LogP contribution is -3.18. The Morgan fingerprint density at radius 1 is 1.04 bits per heavy atom. The van der Waals surface area contributed by atoms with Gasteiger partial charge in [-0.25, -0.2) is 8.42 Å². The van der Waals surface area contributed by atoms with Crippen molar-refractivity contribution in [1.82, 2.24) is 9.62 Å². The van der Waals surface area contributed by atoms with E-state index in [0.717, 1.165) is 25.8 Å². The molecule has 0 atom stereocenters. The van der Waals surface area contributed by atoms with E-state index in [9.17, 15) is 13.2 Å². The highest BCUT2D eigenvalue weighted by atomic mass is 32.2. The van der Waals surface area contributed by atoms with Gasteiger partial charge < -0.3 is 10.2 Å². The van der Waals surface area contributed by atoms with Gasteiger partial charge in [0.15, 0.2) is 0 Å². The number of piperidine rings is 1. The van der Waals surface area contributed by atoms with E-state index >= 15 is 0 Å². The molecule has 1 fully saturated rings. The lowest BCUT2D eigenvalue weighted by Gasteiger charge is -2.27. The van der Waals surface area contributed by atoms with Gasteiger partial charge in [0.2, 0.25) is 10.0 Å². The maximum absolute atomic E-state index is 12.7. The Morgan fingerprint density at radius 3 is 2.11 bits per heavy atom. The molecule has 1 heterocycles. The second-order valence-electron chi connectivity index (χ2n) is 7.88. The van der Waals surface area contributed by atoms with Crippen LogP contribution in [0.5, 0.6) is 0 Å². The monoisotopic (exact) mass is 396 g/mol. The normalized spacial score (nSPS) is 16.3. The van der Waals surface area contributed by atoms with Crippen molar-refractivity contribution in [2.24, 2.45) is 0 Å². The number of hydrogen-bond donors (Lipinski definition) is 2. The van der Waals surface area contributed by atoms with Crippen LogP contribution >= 0.6 is 0 Å². The Bertz CT molecular complexity index is 700. The van der Waals surface area contributed by atoms with Gasteiger partial charge in [-0.05, 0) is 64.8 Å². The number of hydrogen-bond acceptors (Lipinski definition) is 3. The number of nitrogens with one attached hydrogen (secondary N) is 2. The number of sulfonamides is 1. The van der Waals surface area contributed by atoms with Crippen molar-refractivity contribution in [3.63, 3.8) is 0 Å². The molecule has 7 heteroatoms. The molecular formula is C20H34N3O3S+. The summed E-state index contributed by atoms with van der Waals surface area (Å²) >= 11 is 0. The van der Waals surface area contributed by atoms with Gasteiger partial charge >= 0.3 is 0 Å². The Hall–Kier alpha value is -1.44. The van der Waals surface area contributed by atoms with Gasteiger partial charge in [-0.1, -0.05) is 6.42 Å². The molecule has 1 aromatic rings. The topological polar surface area (TPSA) is 70.9 Å². The highest BCUT2D eigenvalue weighted by Crippen LogP contribution is 2.20. The van der Waals surface area contributed by atoms with E-state index in [1.54, 1.807) is 28.6 Å². The Labute approximate surface area is 164 Å². The summed E-state index contributed by atoms with van der Waals surface area (Å²) in [5, 5.41) is 2.94. The Balaban J connectivity index is 1.95. The van der Waals surface area contributed by atoms with Crippen LogP contribution in [-0.2, 0) is 10.0 Å². The molecule has 0 bridgehead atoms. The predicted octanol–water partition coefficient (Wildman–Crippen LogP) is 1.29. The molecule has 1 aliphatic heterocycles. The van der Waals surface area contributed by atoms with Gasteiger partial charge in [0.1, 0.15) is 0 Å². The van der Waals surface area contributed by atoms with E-state index in [0.29, 0.717) is 37.3 Å². The molecule has 0 spiro atoms. The molecule has 2 rings (SSSR count). The molecule has 0 unspecified atom stereocenters. The summed E-state index contributed by atoms with van der Waals surface area (Å²) in [5.41, 5.74) is 0.489. The summed E-state index contributed by atoms with van der Waals surface area (Å²) in [6.07, 6.45) is 2.90. The molecular weight excluding hydrogens is 362 g/mol. The molecule has 6 nitrogen and oxygen atoms in total. The van der Waals surface area contributed by atoms with Crippen molar-refractivity contribution < 1.29 is 18.1 Å². The third kappa shape index (κ3) is 5.77. The van der Waals surface area contributed by atoms with Gasteiger partial charge in [-0.2, -0.15) is 4.31 Å². The van der Waals surface area contributed by atoms with Crippen molar-refractivity contribution in [2.75, 3.05) is 26.2 Å². The van der Waals surface area contributed by atoms with E-state index in [-0.39, 0.29) is 10.8 Å². The van der Waals surface area contributed by atoms with E-state index in [4.69, 9.17) is 0 Å². The third-order valence-corrected chi connectivity index (χ3v) is 7.16. The lowest BCUT2D eigenvalue weighted by molar-refractivity contribution is -0.941. The van der Waals surface area contributed by atoms with Gasteiger partial charge in [0, 0.05) is 18.7 Å². The van der Waals surface area contributed by atoms with Gasteiger partial charge in [0.05, 0.1) is 30.1 Å². The van der Waals surface area contributed by atoms with E-state index in [2.05, 4.69) is 33.0 Å². The van der Waals surface area contributed by atoms with Gasteiger partial charge in [-0.15, -0.1) is 0 Å². The Kier molecular flexibility index (Phi) is 7.82. The summed E-state index contributed by atoms with van der Waals surface area (Å²) < 4.78 is 26.9. The number of rotatable bonds is 8. The van der Waals surface area contributed by atoms with Crippen LogP contribution in [0.3, 0.4) is 0 Å². The van der Waals surface area contributed by atoms with Crippen molar-refractivity contribution >= 4 is 15.9 Å². The van der Waals surface area contributed by atoms with Crippen LogP contribution in [0.2, 0.25) is 0 Å². The Morgan fingerprint density at radius 2 is 1.59 bits per heavy atom. The van der Waals surface area contributed by atoms with E-state index in [1.807, 2.05) is 0 Å². The molecule has 0 aliphatic carbocycles. The minimum Gasteiger partial charge on any atom is -0.346 e. The first-order valence-electron chi connectivity index (χ1n) is 9.97. The van der Waals surface area contributed by atoms with E-state index < -0.39 is 10.0 Å². The van der Waals surface area contributed by atoms with Crippen LogP contribution in [0, 0.1) is 0 Å². The fourth-order valence-electron chi connectivity index (χ4n) is 3.70. The maximum Gasteiger partial charge on any atom is 0.251 e. The average molecular weight is 397 g/mol. The number of carbonyl (C=O) groups is 1. The smallest absolute Gasteiger partial charge is 0.251 e. The first kappa shape index (κ1) is 21.9. The summed E-state index contributed by atoms with van der Waals surface area (Å²) in [5.74, 6) is -0.163. The minimum absolute atomic E-state index is 0.163. The second kappa shape index (κ2) is 9.66. The quantitative estimate of drug-likeness (QED) is 0.696. The predicted molar refractivity (Wildman–Crippen MR) is 107 cm³/mol. The fraction of sp³-hybridized carbons (Fsp3) is 0.650. The molecule has 1 amide bonds. The van der Waals surface area contributed by atoms with Crippen LogP contribution in [0.25, 0.3) is 0 Å². The summed E-state index contributed by atoms with van der Waals surface area (Å²) in [6.45, 7) is 11.3. The van der Waals surface area contributed by atoms with Crippen LogP contribution in [-0.4, -0.2) is 56.9 Å². The van der Waals surface area contributed by atoms with Crippen LogP contribution in [0.1, 0.15) is 57.3 Å². The first-order chi connectivity index (χ1) is 12.7. The van der Waals surface area contributed by atoms with Crippen molar-refractivity contribution in [3.8, 4) is 0 Å². The standard InChI is InChI=1S/C20H33N3O3S/c1-16(2)23(17(3)4)15-12-21-20(24)18-8-10-19(11-9-18)27(25,26)22-13-6-5-7-14-22/h8-11,16-17H,5-7,12-15H2,1-4H3,(H,21,24)/p+1. The number of carbonyl (C=O) groups excluding carboxylic acids is 1. The van der Waals surface area contributed by atoms with Crippen LogP contribution < -0.4 is 10.2 Å². The molecule has 0 radical (unpaired) electrons. The maximum atomic E-state index is 12.7. The van der Waals surface area contributed by atoms with Crippen LogP contribution in [0.15, 0.2) is 29.2 Å². The number of benzene rings is 1. The molecule has 1 aliphatic rings. The van der Waals surface area contributed by atoms with Crippen molar-refractivity contribution in [2.45, 2.75) is 63.9 Å². The van der Waals surface area contributed by atoms with Crippen molar-refractivity contribution in [1.29, 1.82) is 0 Å². The second-order valence-corrected chi connectivity index (χ2v) is 9.82. The lowest BCUT2D eigenvalue weighted by atomic mass is 10.2. The summed E-state index contributed by atoms with van der Waals surface area (Å²) in [4.78, 5) is 14.1. The minimum atomic E-state index is -3.45. The highest BCUT2D eigenvalue weighted by molar-refractivity contribution is 7.89. The number of quaternary nitrogens is 1. The molecule has 27 heavy (non-hydrogen) atoms. The molecule has 0 aromatic heterocycles.